The molecule has 0 spiro atoms. The van der Waals surface area contributed by atoms with E-state index in [1.165, 1.54) is 18.5 Å². The quantitative estimate of drug-likeness (QED) is 0.693. The van der Waals surface area contributed by atoms with Crippen LogP contribution in [-0.4, -0.2) is 42.5 Å². The number of carbonyl (C=O) groups is 1. The number of fused-ring (bicyclic) bond motifs is 1. The molecule has 1 aromatic rings. The number of carbonyl (C=O) groups excluding carboxylic acids is 1. The molecule has 29 heavy (non-hydrogen) atoms. The Kier molecular flexibility index (Phi) is 7.39. The molecule has 4 heteroatoms. The summed E-state index contributed by atoms with van der Waals surface area (Å²) in [5.41, 5.74) is 1.56. The standard InChI is InChI=1S/C25H41N3O/c1-18(2)13-23(26-17-25(3,4)5)24(29)27-22-12-11-20-15-28(16-21(20)22)14-19-9-7-6-8-10-19/h6-10,18,20-23,26H,11-17H2,1-5H3,(H,27,29)/t20-,21+,22+,23-/m0/s1. The Labute approximate surface area is 177 Å². The van der Waals surface area contributed by atoms with E-state index in [-0.39, 0.29) is 17.4 Å². The topological polar surface area (TPSA) is 44.4 Å². The lowest BCUT2D eigenvalue weighted by Crippen LogP contribution is -2.51. The Balaban J connectivity index is 1.55. The molecule has 2 fully saturated rings. The SMILES string of the molecule is CC(C)C[C@H](NCC(C)(C)C)C(=O)N[C@@H]1CC[C@H]2CN(Cc3ccccc3)C[C@H]21. The highest BCUT2D eigenvalue weighted by molar-refractivity contribution is 5.82. The van der Waals surface area contributed by atoms with E-state index in [2.05, 4.69) is 80.5 Å². The van der Waals surface area contributed by atoms with Crippen molar-refractivity contribution in [1.29, 1.82) is 0 Å². The van der Waals surface area contributed by atoms with Crippen LogP contribution in [0.3, 0.4) is 0 Å². The van der Waals surface area contributed by atoms with Gasteiger partial charge in [0.1, 0.15) is 0 Å². The molecule has 162 valence electrons. The maximum atomic E-state index is 13.1. The molecule has 1 aliphatic carbocycles. The van der Waals surface area contributed by atoms with Gasteiger partial charge >= 0.3 is 0 Å². The summed E-state index contributed by atoms with van der Waals surface area (Å²) in [5, 5.41) is 6.99. The monoisotopic (exact) mass is 399 g/mol. The number of likely N-dealkylation sites (tertiary alicyclic amines) is 1. The van der Waals surface area contributed by atoms with E-state index < -0.39 is 0 Å². The zero-order valence-electron chi connectivity index (χ0n) is 19.1. The highest BCUT2D eigenvalue weighted by Gasteiger charge is 2.43. The predicted molar refractivity (Wildman–Crippen MR) is 121 cm³/mol. The molecular formula is C25H41N3O. The molecule has 1 heterocycles. The Bertz CT molecular complexity index is 652. The largest absolute Gasteiger partial charge is 0.352 e. The van der Waals surface area contributed by atoms with E-state index in [1.54, 1.807) is 0 Å². The first-order valence-electron chi connectivity index (χ1n) is 11.5. The summed E-state index contributed by atoms with van der Waals surface area (Å²) >= 11 is 0. The van der Waals surface area contributed by atoms with Crippen LogP contribution in [0.4, 0.5) is 0 Å². The van der Waals surface area contributed by atoms with Gasteiger partial charge in [-0.1, -0.05) is 65.0 Å². The van der Waals surface area contributed by atoms with Gasteiger partial charge in [-0.05, 0) is 48.0 Å². The van der Waals surface area contributed by atoms with E-state index in [9.17, 15) is 4.79 Å². The highest BCUT2D eigenvalue weighted by atomic mass is 16.2. The average Bonchev–Trinajstić information content (AvgIpc) is 3.19. The first-order valence-corrected chi connectivity index (χ1v) is 11.5. The fraction of sp³-hybridized carbons (Fsp3) is 0.720. The summed E-state index contributed by atoms with van der Waals surface area (Å²) in [7, 11) is 0. The van der Waals surface area contributed by atoms with Gasteiger partial charge in [-0.15, -0.1) is 0 Å². The molecule has 2 aliphatic rings. The Hall–Kier alpha value is -1.39. The van der Waals surface area contributed by atoms with Gasteiger partial charge in [0.15, 0.2) is 0 Å². The van der Waals surface area contributed by atoms with E-state index in [4.69, 9.17) is 0 Å². The number of hydrogen-bond acceptors (Lipinski definition) is 3. The lowest BCUT2D eigenvalue weighted by atomic mass is 9.94. The van der Waals surface area contributed by atoms with Gasteiger partial charge in [-0.25, -0.2) is 0 Å². The van der Waals surface area contributed by atoms with Crippen molar-refractivity contribution in [3.63, 3.8) is 0 Å². The first kappa shape index (κ1) is 22.3. The highest BCUT2D eigenvalue weighted by Crippen LogP contribution is 2.38. The van der Waals surface area contributed by atoms with Gasteiger partial charge in [0.05, 0.1) is 6.04 Å². The third kappa shape index (κ3) is 6.55. The molecule has 2 N–H and O–H groups in total. The number of hydrogen-bond donors (Lipinski definition) is 2. The van der Waals surface area contributed by atoms with Crippen molar-refractivity contribution in [3.05, 3.63) is 35.9 Å². The summed E-state index contributed by atoms with van der Waals surface area (Å²) in [4.78, 5) is 15.7. The van der Waals surface area contributed by atoms with Crippen LogP contribution in [0.2, 0.25) is 0 Å². The minimum absolute atomic E-state index is 0.0879. The molecule has 0 radical (unpaired) electrons. The second-order valence-electron chi connectivity index (χ2n) is 10.9. The van der Waals surface area contributed by atoms with Crippen molar-refractivity contribution in [1.82, 2.24) is 15.5 Å². The van der Waals surface area contributed by atoms with Crippen LogP contribution in [0.25, 0.3) is 0 Å². The van der Waals surface area contributed by atoms with Crippen molar-refractivity contribution in [2.24, 2.45) is 23.2 Å². The number of nitrogens with one attached hydrogen (secondary N) is 2. The maximum Gasteiger partial charge on any atom is 0.237 e. The summed E-state index contributed by atoms with van der Waals surface area (Å²) in [5.74, 6) is 2.04. The third-order valence-corrected chi connectivity index (χ3v) is 6.41. The van der Waals surface area contributed by atoms with Crippen molar-refractivity contribution < 1.29 is 4.79 Å². The van der Waals surface area contributed by atoms with Crippen LogP contribution < -0.4 is 10.6 Å². The van der Waals surface area contributed by atoms with Crippen molar-refractivity contribution in [3.8, 4) is 0 Å². The third-order valence-electron chi connectivity index (χ3n) is 6.41. The van der Waals surface area contributed by atoms with Crippen LogP contribution in [0.1, 0.15) is 59.4 Å². The molecule has 1 aliphatic heterocycles. The van der Waals surface area contributed by atoms with Crippen LogP contribution in [-0.2, 0) is 11.3 Å². The minimum atomic E-state index is -0.0879. The van der Waals surface area contributed by atoms with Crippen LogP contribution in [0.5, 0.6) is 0 Å². The van der Waals surface area contributed by atoms with Crippen LogP contribution in [0.15, 0.2) is 30.3 Å². The van der Waals surface area contributed by atoms with E-state index in [0.717, 1.165) is 38.4 Å². The van der Waals surface area contributed by atoms with Gasteiger partial charge in [-0.2, -0.15) is 0 Å². The normalized spacial score (nSPS) is 25.9. The lowest BCUT2D eigenvalue weighted by molar-refractivity contribution is -0.124. The van der Waals surface area contributed by atoms with Crippen molar-refractivity contribution in [2.45, 2.75) is 72.5 Å². The molecule has 1 amide bonds. The number of rotatable bonds is 8. The molecule has 0 bridgehead atoms. The fourth-order valence-electron chi connectivity index (χ4n) is 4.97. The zero-order chi connectivity index (χ0) is 21.0. The number of benzene rings is 1. The van der Waals surface area contributed by atoms with Gasteiger partial charge < -0.3 is 10.6 Å². The van der Waals surface area contributed by atoms with Gasteiger partial charge in [0, 0.05) is 32.2 Å². The smallest absolute Gasteiger partial charge is 0.237 e. The van der Waals surface area contributed by atoms with Crippen LogP contribution in [0, 0.1) is 23.2 Å². The molecular weight excluding hydrogens is 358 g/mol. The number of nitrogens with zero attached hydrogens (tertiary/aromatic N) is 1. The van der Waals surface area contributed by atoms with Gasteiger partial charge in [-0.3, -0.25) is 9.69 Å². The zero-order valence-corrected chi connectivity index (χ0v) is 19.1. The van der Waals surface area contributed by atoms with E-state index in [0.29, 0.717) is 17.9 Å². The summed E-state index contributed by atoms with van der Waals surface area (Å²) in [6.45, 7) is 15.2. The minimum Gasteiger partial charge on any atom is -0.352 e. The second kappa shape index (κ2) is 9.61. The number of amides is 1. The van der Waals surface area contributed by atoms with Crippen molar-refractivity contribution >= 4 is 5.91 Å². The molecule has 1 saturated carbocycles. The van der Waals surface area contributed by atoms with E-state index >= 15 is 0 Å². The second-order valence-corrected chi connectivity index (χ2v) is 10.9. The molecule has 1 aromatic carbocycles. The molecule has 0 unspecified atom stereocenters. The summed E-state index contributed by atoms with van der Waals surface area (Å²) < 4.78 is 0. The first-order chi connectivity index (χ1) is 13.7. The molecule has 4 nitrogen and oxygen atoms in total. The maximum absolute atomic E-state index is 13.1. The lowest BCUT2D eigenvalue weighted by Gasteiger charge is -2.28. The molecule has 0 aromatic heterocycles. The summed E-state index contributed by atoms with van der Waals surface area (Å²) in [6.07, 6.45) is 3.27. The fourth-order valence-corrected chi connectivity index (χ4v) is 4.97. The van der Waals surface area contributed by atoms with Crippen LogP contribution >= 0.6 is 0 Å². The Morgan fingerprint density at radius 2 is 1.86 bits per heavy atom. The summed E-state index contributed by atoms with van der Waals surface area (Å²) in [6, 6.07) is 11.0. The molecule has 1 saturated heterocycles. The van der Waals surface area contributed by atoms with E-state index in [1.807, 2.05) is 0 Å². The van der Waals surface area contributed by atoms with Gasteiger partial charge in [0.2, 0.25) is 5.91 Å². The molecule has 4 atom stereocenters. The predicted octanol–water partition coefficient (Wildman–Crippen LogP) is 4.06. The Morgan fingerprint density at radius 1 is 1.14 bits per heavy atom. The van der Waals surface area contributed by atoms with Gasteiger partial charge in [0.25, 0.3) is 0 Å². The molecule has 3 rings (SSSR count). The Morgan fingerprint density at radius 3 is 2.52 bits per heavy atom. The van der Waals surface area contributed by atoms with Crippen molar-refractivity contribution in [2.75, 3.05) is 19.6 Å². The average molecular weight is 400 g/mol.